The van der Waals surface area contributed by atoms with Gasteiger partial charge in [0.25, 0.3) is 5.78 Å². The van der Waals surface area contributed by atoms with Gasteiger partial charge < -0.3 is 5.73 Å². The normalized spacial score (nSPS) is 11.5. The predicted molar refractivity (Wildman–Crippen MR) is 84.5 cm³/mol. The number of fused-ring (bicyclic) bond motifs is 1. The van der Waals surface area contributed by atoms with Crippen molar-refractivity contribution in [3.63, 3.8) is 0 Å². The van der Waals surface area contributed by atoms with Crippen LogP contribution in [-0.4, -0.2) is 19.6 Å². The number of aromatic nitrogens is 4. The van der Waals surface area contributed by atoms with Crippen LogP contribution in [0.2, 0.25) is 5.02 Å². The first-order chi connectivity index (χ1) is 9.97. The molecule has 6 heteroatoms. The van der Waals surface area contributed by atoms with Gasteiger partial charge in [0, 0.05) is 10.6 Å². The Hall–Kier alpha value is -2.14. The van der Waals surface area contributed by atoms with E-state index in [1.807, 2.05) is 31.2 Å². The lowest BCUT2D eigenvalue weighted by Crippen LogP contribution is -2.08. The molecule has 0 unspecified atom stereocenters. The van der Waals surface area contributed by atoms with Crippen molar-refractivity contribution in [3.8, 4) is 11.1 Å². The van der Waals surface area contributed by atoms with Gasteiger partial charge in [0.05, 0.1) is 5.69 Å². The number of halogens is 1. The van der Waals surface area contributed by atoms with Gasteiger partial charge in [-0.3, -0.25) is 0 Å². The molecule has 2 N–H and O–H groups in total. The number of anilines is 1. The molecule has 0 fully saturated rings. The van der Waals surface area contributed by atoms with E-state index in [2.05, 4.69) is 28.9 Å². The molecule has 2 aromatic heterocycles. The minimum atomic E-state index is 0.222. The average Bonchev–Trinajstić information content (AvgIpc) is 2.81. The van der Waals surface area contributed by atoms with Crippen molar-refractivity contribution >= 4 is 23.2 Å². The molecule has 0 amide bonds. The molecule has 21 heavy (non-hydrogen) atoms. The van der Waals surface area contributed by atoms with Crippen LogP contribution in [0.3, 0.4) is 0 Å². The van der Waals surface area contributed by atoms with E-state index in [1.165, 1.54) is 0 Å². The zero-order valence-electron chi connectivity index (χ0n) is 12.1. The lowest BCUT2D eigenvalue weighted by Gasteiger charge is -2.15. The fraction of sp³-hybridized carbons (Fsp3) is 0.267. The first kappa shape index (κ1) is 13.8. The number of benzene rings is 1. The summed E-state index contributed by atoms with van der Waals surface area (Å²) in [6.07, 6.45) is 0. The van der Waals surface area contributed by atoms with Gasteiger partial charge in [0.15, 0.2) is 0 Å². The van der Waals surface area contributed by atoms with E-state index in [-0.39, 0.29) is 5.92 Å². The molecule has 0 aliphatic carbocycles. The average molecular weight is 302 g/mol. The van der Waals surface area contributed by atoms with E-state index >= 15 is 0 Å². The van der Waals surface area contributed by atoms with Crippen LogP contribution in [0.5, 0.6) is 0 Å². The highest BCUT2D eigenvalue weighted by Gasteiger charge is 2.19. The molecule has 0 aliphatic heterocycles. The number of hydrogen-bond acceptors (Lipinski definition) is 4. The summed E-state index contributed by atoms with van der Waals surface area (Å²) in [5.41, 5.74) is 9.10. The van der Waals surface area contributed by atoms with Crippen molar-refractivity contribution < 1.29 is 0 Å². The van der Waals surface area contributed by atoms with Crippen molar-refractivity contribution in [2.24, 2.45) is 0 Å². The number of hydrogen-bond donors (Lipinski definition) is 1. The Morgan fingerprint density at radius 2 is 1.81 bits per heavy atom. The molecule has 0 radical (unpaired) electrons. The lowest BCUT2D eigenvalue weighted by molar-refractivity contribution is 0.813. The van der Waals surface area contributed by atoms with Crippen molar-refractivity contribution in [1.82, 2.24) is 19.6 Å². The summed E-state index contributed by atoms with van der Waals surface area (Å²) in [5, 5.41) is 5.00. The maximum Gasteiger partial charge on any atom is 0.254 e. The number of nitrogens with two attached hydrogens (primary N) is 1. The van der Waals surface area contributed by atoms with E-state index in [0.717, 1.165) is 16.8 Å². The molecule has 5 nitrogen and oxygen atoms in total. The largest absolute Gasteiger partial charge is 0.383 e. The second kappa shape index (κ2) is 5.00. The predicted octanol–water partition coefficient (Wildman–Crippen LogP) is 3.46. The van der Waals surface area contributed by atoms with Crippen molar-refractivity contribution in [1.29, 1.82) is 0 Å². The van der Waals surface area contributed by atoms with Gasteiger partial charge in [-0.2, -0.15) is 9.50 Å². The molecule has 108 valence electrons. The molecule has 2 heterocycles. The fourth-order valence-electron chi connectivity index (χ4n) is 2.37. The maximum atomic E-state index is 6.33. The van der Waals surface area contributed by atoms with Gasteiger partial charge in [-0.15, -0.1) is 5.10 Å². The number of aryl methyl sites for hydroxylation is 1. The van der Waals surface area contributed by atoms with E-state index in [1.54, 1.807) is 4.52 Å². The zero-order valence-corrected chi connectivity index (χ0v) is 12.9. The highest BCUT2D eigenvalue weighted by Crippen LogP contribution is 2.33. The zero-order chi connectivity index (χ0) is 15.1. The topological polar surface area (TPSA) is 69.1 Å². The van der Waals surface area contributed by atoms with Crippen molar-refractivity contribution in [3.05, 3.63) is 40.8 Å². The Morgan fingerprint density at radius 3 is 2.43 bits per heavy atom. The van der Waals surface area contributed by atoms with Crippen molar-refractivity contribution in [2.45, 2.75) is 26.7 Å². The quantitative estimate of drug-likeness (QED) is 0.787. The Labute approximate surface area is 127 Å². The molecule has 0 atom stereocenters. The molecule has 3 rings (SSSR count). The maximum absolute atomic E-state index is 6.33. The van der Waals surface area contributed by atoms with Gasteiger partial charge in [-0.1, -0.05) is 37.6 Å². The molecule has 0 aliphatic rings. The van der Waals surface area contributed by atoms with Crippen LogP contribution < -0.4 is 5.73 Å². The Bertz CT molecular complexity index is 805. The summed E-state index contributed by atoms with van der Waals surface area (Å²) in [6.45, 7) is 5.99. The van der Waals surface area contributed by atoms with Gasteiger partial charge in [0.2, 0.25) is 0 Å². The molecular formula is C15H16ClN5. The third kappa shape index (κ3) is 2.34. The third-order valence-electron chi connectivity index (χ3n) is 3.34. The summed E-state index contributed by atoms with van der Waals surface area (Å²) >= 11 is 5.97. The summed E-state index contributed by atoms with van der Waals surface area (Å²) in [7, 11) is 0. The first-order valence-electron chi connectivity index (χ1n) is 6.76. The number of nitrogens with zero attached hydrogens (tertiary/aromatic N) is 4. The van der Waals surface area contributed by atoms with Crippen LogP contribution in [-0.2, 0) is 0 Å². The molecule has 0 saturated heterocycles. The number of nitrogen functional groups attached to an aromatic ring is 1. The molecular weight excluding hydrogens is 286 g/mol. The van der Waals surface area contributed by atoms with Gasteiger partial charge >= 0.3 is 0 Å². The van der Waals surface area contributed by atoms with E-state index in [9.17, 15) is 0 Å². The molecule has 1 aromatic carbocycles. The van der Waals surface area contributed by atoms with Crippen LogP contribution in [0.15, 0.2) is 24.3 Å². The second-order valence-corrected chi connectivity index (χ2v) is 5.73. The smallest absolute Gasteiger partial charge is 0.254 e. The first-order valence-corrected chi connectivity index (χ1v) is 7.14. The summed E-state index contributed by atoms with van der Waals surface area (Å²) in [5.74, 6) is 1.95. The van der Waals surface area contributed by atoms with E-state index in [0.29, 0.717) is 22.4 Å². The van der Waals surface area contributed by atoms with Gasteiger partial charge in [-0.25, -0.2) is 4.98 Å². The number of rotatable bonds is 2. The molecule has 0 bridgehead atoms. The summed E-state index contributed by atoms with van der Waals surface area (Å²) < 4.78 is 1.59. The van der Waals surface area contributed by atoms with E-state index < -0.39 is 0 Å². The van der Waals surface area contributed by atoms with Gasteiger partial charge in [0.1, 0.15) is 11.6 Å². The SMILES string of the molecule is Cc1nc2nc(C(C)C)c(-c3ccc(Cl)cc3)c(N)n2n1. The minimum Gasteiger partial charge on any atom is -0.383 e. The minimum absolute atomic E-state index is 0.222. The Morgan fingerprint density at radius 1 is 1.14 bits per heavy atom. The molecule has 3 aromatic rings. The Balaban J connectivity index is 2.35. The molecule has 0 spiro atoms. The summed E-state index contributed by atoms with van der Waals surface area (Å²) in [4.78, 5) is 8.94. The van der Waals surface area contributed by atoms with Crippen LogP contribution in [0.25, 0.3) is 16.9 Å². The highest BCUT2D eigenvalue weighted by atomic mass is 35.5. The van der Waals surface area contributed by atoms with Crippen LogP contribution in [0.1, 0.15) is 31.3 Å². The van der Waals surface area contributed by atoms with Crippen molar-refractivity contribution in [2.75, 3.05) is 5.73 Å². The van der Waals surface area contributed by atoms with Crippen LogP contribution >= 0.6 is 11.6 Å². The monoisotopic (exact) mass is 301 g/mol. The standard InChI is InChI=1S/C15H16ClN5/c1-8(2)13-12(10-4-6-11(16)7-5-10)14(17)21-15(19-13)18-9(3)20-21/h4-8H,17H2,1-3H3. The highest BCUT2D eigenvalue weighted by molar-refractivity contribution is 6.30. The lowest BCUT2D eigenvalue weighted by atomic mass is 9.98. The second-order valence-electron chi connectivity index (χ2n) is 5.29. The van der Waals surface area contributed by atoms with Gasteiger partial charge in [-0.05, 0) is 30.5 Å². The van der Waals surface area contributed by atoms with E-state index in [4.69, 9.17) is 17.3 Å². The van der Waals surface area contributed by atoms with Crippen LogP contribution in [0, 0.1) is 6.92 Å². The Kier molecular flexibility index (Phi) is 3.29. The summed E-state index contributed by atoms with van der Waals surface area (Å²) in [6, 6.07) is 7.57. The van der Waals surface area contributed by atoms with Crippen LogP contribution in [0.4, 0.5) is 5.82 Å². The fourth-order valence-corrected chi connectivity index (χ4v) is 2.49. The third-order valence-corrected chi connectivity index (χ3v) is 3.59. The molecule has 0 saturated carbocycles.